The van der Waals surface area contributed by atoms with Crippen molar-refractivity contribution in [2.45, 2.75) is 20.3 Å². The normalized spacial score (nSPS) is 10.8. The Hall–Kier alpha value is -2.76. The van der Waals surface area contributed by atoms with Crippen LogP contribution in [0.15, 0.2) is 30.6 Å². The van der Waals surface area contributed by atoms with E-state index < -0.39 is 0 Å². The average Bonchev–Trinajstić information content (AvgIpc) is 3.01. The maximum atomic E-state index is 11.5. The molecular weight excluding hydrogens is 278 g/mol. The summed E-state index contributed by atoms with van der Waals surface area (Å²) in [7, 11) is 0. The second kappa shape index (κ2) is 5.93. The van der Waals surface area contributed by atoms with Crippen LogP contribution in [0.1, 0.15) is 30.6 Å². The second-order valence-electron chi connectivity index (χ2n) is 5.06. The van der Waals surface area contributed by atoms with Gasteiger partial charge in [-0.25, -0.2) is 15.0 Å². The van der Waals surface area contributed by atoms with E-state index in [2.05, 4.69) is 32.2 Å². The van der Waals surface area contributed by atoms with Gasteiger partial charge < -0.3 is 10.3 Å². The van der Waals surface area contributed by atoms with Crippen LogP contribution in [0.2, 0.25) is 0 Å². The summed E-state index contributed by atoms with van der Waals surface area (Å²) < 4.78 is 0. The van der Waals surface area contributed by atoms with Crippen molar-refractivity contribution in [1.29, 1.82) is 0 Å². The summed E-state index contributed by atoms with van der Waals surface area (Å²) >= 11 is 0. The Morgan fingerprint density at radius 3 is 2.95 bits per heavy atom. The topological polar surface area (TPSA) is 83.6 Å². The van der Waals surface area contributed by atoms with Crippen LogP contribution in [0.25, 0.3) is 22.6 Å². The minimum atomic E-state index is 0.0204. The molecule has 0 atom stereocenters. The molecule has 6 heteroatoms. The molecular formula is C16H17N5O. The van der Waals surface area contributed by atoms with Gasteiger partial charge >= 0.3 is 0 Å². The Morgan fingerprint density at radius 2 is 2.18 bits per heavy atom. The third-order valence-corrected chi connectivity index (χ3v) is 3.36. The number of nitrogens with one attached hydrogen (secondary N) is 2. The van der Waals surface area contributed by atoms with Crippen molar-refractivity contribution < 1.29 is 4.79 Å². The van der Waals surface area contributed by atoms with E-state index in [9.17, 15) is 4.79 Å². The number of benzene rings is 1. The Balaban J connectivity index is 2.10. The highest BCUT2D eigenvalue weighted by molar-refractivity contribution is 5.95. The molecule has 2 heterocycles. The van der Waals surface area contributed by atoms with Crippen LogP contribution in [0.4, 0.5) is 5.82 Å². The zero-order valence-electron chi connectivity index (χ0n) is 12.6. The van der Waals surface area contributed by atoms with E-state index in [-0.39, 0.29) is 5.78 Å². The van der Waals surface area contributed by atoms with Gasteiger partial charge in [0.25, 0.3) is 0 Å². The number of hydrogen-bond donors (Lipinski definition) is 2. The van der Waals surface area contributed by atoms with Crippen LogP contribution < -0.4 is 5.32 Å². The summed E-state index contributed by atoms with van der Waals surface area (Å²) in [6.07, 6.45) is 2.60. The molecule has 0 fully saturated rings. The Morgan fingerprint density at radius 1 is 1.32 bits per heavy atom. The molecule has 0 aliphatic rings. The van der Waals surface area contributed by atoms with Crippen molar-refractivity contribution in [3.8, 4) is 11.4 Å². The molecule has 3 rings (SSSR count). The van der Waals surface area contributed by atoms with Crippen molar-refractivity contribution in [2.75, 3.05) is 11.9 Å². The third kappa shape index (κ3) is 2.67. The number of H-pyrrole nitrogens is 1. The first kappa shape index (κ1) is 14.2. The average molecular weight is 295 g/mol. The minimum absolute atomic E-state index is 0.0204. The third-order valence-electron chi connectivity index (χ3n) is 3.36. The molecule has 0 aliphatic carbocycles. The smallest absolute Gasteiger partial charge is 0.183 e. The van der Waals surface area contributed by atoms with E-state index in [1.807, 2.05) is 12.1 Å². The molecule has 1 aromatic carbocycles. The van der Waals surface area contributed by atoms with Gasteiger partial charge in [-0.2, -0.15) is 0 Å². The number of hydrogen-bond acceptors (Lipinski definition) is 5. The van der Waals surface area contributed by atoms with Crippen LogP contribution in [0, 0.1) is 0 Å². The molecule has 0 amide bonds. The lowest BCUT2D eigenvalue weighted by Crippen LogP contribution is -2.05. The van der Waals surface area contributed by atoms with Crippen molar-refractivity contribution in [3.63, 3.8) is 0 Å². The Labute approximate surface area is 128 Å². The molecule has 2 aromatic heterocycles. The first-order chi connectivity index (χ1) is 10.7. The molecule has 22 heavy (non-hydrogen) atoms. The van der Waals surface area contributed by atoms with Gasteiger partial charge in [0.2, 0.25) is 0 Å². The number of fused-ring (bicyclic) bond motifs is 1. The van der Waals surface area contributed by atoms with E-state index in [0.717, 1.165) is 29.9 Å². The molecule has 3 aromatic rings. The zero-order chi connectivity index (χ0) is 15.5. The number of Topliss-reactive ketones (excluding diaryl/α,β-unsaturated/α-hetero) is 1. The molecule has 2 N–H and O–H groups in total. The maximum absolute atomic E-state index is 11.5. The SMILES string of the molecule is CCCNc1nc(-c2cccc(C(C)=O)c2)nc2nc[nH]c12. The summed E-state index contributed by atoms with van der Waals surface area (Å²) in [6.45, 7) is 4.46. The molecule has 0 radical (unpaired) electrons. The summed E-state index contributed by atoms with van der Waals surface area (Å²) in [4.78, 5) is 27.9. The van der Waals surface area contributed by atoms with E-state index >= 15 is 0 Å². The molecule has 0 unspecified atom stereocenters. The number of nitrogens with zero attached hydrogens (tertiary/aromatic N) is 3. The van der Waals surface area contributed by atoms with Crippen molar-refractivity contribution in [1.82, 2.24) is 19.9 Å². The second-order valence-corrected chi connectivity index (χ2v) is 5.06. The monoisotopic (exact) mass is 295 g/mol. The van der Waals surface area contributed by atoms with Gasteiger partial charge in [-0.1, -0.05) is 25.1 Å². The number of aromatic amines is 1. The number of carbonyl (C=O) groups excluding carboxylic acids is 1. The quantitative estimate of drug-likeness (QED) is 0.707. The van der Waals surface area contributed by atoms with Gasteiger partial charge in [-0.05, 0) is 19.4 Å². The van der Waals surface area contributed by atoms with Crippen LogP contribution in [0.5, 0.6) is 0 Å². The first-order valence-electron chi connectivity index (χ1n) is 7.25. The summed E-state index contributed by atoms with van der Waals surface area (Å²) in [6, 6.07) is 7.32. The highest BCUT2D eigenvalue weighted by Crippen LogP contribution is 2.23. The van der Waals surface area contributed by atoms with Crippen molar-refractivity contribution in [2.24, 2.45) is 0 Å². The van der Waals surface area contributed by atoms with Gasteiger partial charge in [0.15, 0.2) is 23.1 Å². The highest BCUT2D eigenvalue weighted by Gasteiger charge is 2.12. The molecule has 0 saturated heterocycles. The fraction of sp³-hybridized carbons (Fsp3) is 0.250. The molecule has 0 spiro atoms. The lowest BCUT2D eigenvalue weighted by molar-refractivity contribution is 0.101. The molecule has 0 aliphatic heterocycles. The Kier molecular flexibility index (Phi) is 3.82. The summed E-state index contributed by atoms with van der Waals surface area (Å²) in [5.41, 5.74) is 2.85. The van der Waals surface area contributed by atoms with E-state index in [1.54, 1.807) is 25.4 Å². The van der Waals surface area contributed by atoms with Gasteiger partial charge in [-0.15, -0.1) is 0 Å². The summed E-state index contributed by atoms with van der Waals surface area (Å²) in [5.74, 6) is 1.31. The van der Waals surface area contributed by atoms with Crippen LogP contribution >= 0.6 is 0 Å². The largest absolute Gasteiger partial charge is 0.368 e. The van der Waals surface area contributed by atoms with Crippen molar-refractivity contribution >= 4 is 22.8 Å². The number of carbonyl (C=O) groups is 1. The van der Waals surface area contributed by atoms with Gasteiger partial charge in [-0.3, -0.25) is 4.79 Å². The van der Waals surface area contributed by atoms with E-state index in [4.69, 9.17) is 0 Å². The predicted octanol–water partition coefficient (Wildman–Crippen LogP) is 3.04. The minimum Gasteiger partial charge on any atom is -0.368 e. The fourth-order valence-electron chi connectivity index (χ4n) is 2.21. The number of aromatic nitrogens is 4. The predicted molar refractivity (Wildman–Crippen MR) is 85.9 cm³/mol. The number of ketones is 1. The highest BCUT2D eigenvalue weighted by atomic mass is 16.1. The summed E-state index contributed by atoms with van der Waals surface area (Å²) in [5, 5.41) is 3.28. The van der Waals surface area contributed by atoms with Gasteiger partial charge in [0, 0.05) is 17.7 Å². The Bertz CT molecular complexity index is 824. The van der Waals surface area contributed by atoms with Gasteiger partial charge in [0.1, 0.15) is 5.52 Å². The molecule has 6 nitrogen and oxygen atoms in total. The van der Waals surface area contributed by atoms with E-state index in [1.165, 1.54) is 0 Å². The molecule has 0 bridgehead atoms. The number of imidazole rings is 1. The molecule has 0 saturated carbocycles. The lowest BCUT2D eigenvalue weighted by Gasteiger charge is -2.08. The first-order valence-corrected chi connectivity index (χ1v) is 7.25. The number of rotatable bonds is 5. The number of anilines is 1. The molecule has 112 valence electrons. The van der Waals surface area contributed by atoms with Gasteiger partial charge in [0.05, 0.1) is 6.33 Å². The lowest BCUT2D eigenvalue weighted by atomic mass is 10.1. The van der Waals surface area contributed by atoms with Crippen molar-refractivity contribution in [3.05, 3.63) is 36.2 Å². The standard InChI is InChI=1S/C16H17N5O/c1-3-7-17-15-13-16(19-9-18-13)21-14(20-15)12-6-4-5-11(8-12)10(2)22/h4-6,8-9H,3,7H2,1-2H3,(H2,17,18,19,20,21). The maximum Gasteiger partial charge on any atom is 0.183 e. The van der Waals surface area contributed by atoms with Crippen LogP contribution in [0.3, 0.4) is 0 Å². The van der Waals surface area contributed by atoms with Crippen LogP contribution in [-0.4, -0.2) is 32.3 Å². The van der Waals surface area contributed by atoms with Crippen LogP contribution in [-0.2, 0) is 0 Å². The fourth-order valence-corrected chi connectivity index (χ4v) is 2.21. The van der Waals surface area contributed by atoms with E-state index in [0.29, 0.717) is 17.0 Å². The zero-order valence-corrected chi connectivity index (χ0v) is 12.6.